The first kappa shape index (κ1) is 14.3. The molecule has 2 saturated heterocycles. The van der Waals surface area contributed by atoms with Crippen LogP contribution in [0.2, 0.25) is 0 Å². The topological polar surface area (TPSA) is 27.7 Å². The highest BCUT2D eigenvalue weighted by atomic mass is 16.5. The van der Waals surface area contributed by atoms with Crippen LogP contribution in [0.1, 0.15) is 25.7 Å². The molecule has 0 spiro atoms. The molecule has 2 rings (SSSR count). The summed E-state index contributed by atoms with van der Waals surface area (Å²) >= 11 is 0. The molecule has 4 heteroatoms. The Morgan fingerprint density at radius 1 is 1.22 bits per heavy atom. The molecule has 2 heterocycles. The van der Waals surface area contributed by atoms with E-state index in [-0.39, 0.29) is 0 Å². The summed E-state index contributed by atoms with van der Waals surface area (Å²) in [6.45, 7) is 9.26. The van der Waals surface area contributed by atoms with Gasteiger partial charge in [-0.2, -0.15) is 0 Å². The lowest BCUT2D eigenvalue weighted by atomic mass is 10.2. The molecule has 0 bridgehead atoms. The molecule has 0 radical (unpaired) electrons. The van der Waals surface area contributed by atoms with Crippen molar-refractivity contribution in [2.45, 2.75) is 31.8 Å². The van der Waals surface area contributed by atoms with Gasteiger partial charge in [-0.25, -0.2) is 0 Å². The van der Waals surface area contributed by atoms with Crippen LogP contribution in [0.15, 0.2) is 0 Å². The van der Waals surface area contributed by atoms with Gasteiger partial charge in [0.2, 0.25) is 0 Å². The number of hydrogen-bond donors (Lipinski definition) is 1. The summed E-state index contributed by atoms with van der Waals surface area (Å²) in [6.07, 6.45) is 5.74. The SMILES string of the molecule is CN(CCNCC1CCCO1)CCN1CCCC1. The van der Waals surface area contributed by atoms with E-state index in [9.17, 15) is 0 Å². The van der Waals surface area contributed by atoms with Crippen LogP contribution in [0.3, 0.4) is 0 Å². The lowest BCUT2D eigenvalue weighted by Crippen LogP contribution is -2.37. The van der Waals surface area contributed by atoms with Crippen LogP contribution in [0.4, 0.5) is 0 Å². The lowest BCUT2D eigenvalue weighted by Gasteiger charge is -2.21. The standard InChI is InChI=1S/C14H29N3O/c1-16(10-11-17-7-2-3-8-17)9-6-15-13-14-5-4-12-18-14/h14-15H,2-13H2,1H3. The van der Waals surface area contributed by atoms with Crippen LogP contribution in [-0.4, -0.2) is 75.4 Å². The molecule has 106 valence electrons. The highest BCUT2D eigenvalue weighted by Crippen LogP contribution is 2.10. The second-order valence-corrected chi connectivity index (χ2v) is 5.69. The number of likely N-dealkylation sites (tertiary alicyclic amines) is 1. The molecule has 0 saturated carbocycles. The summed E-state index contributed by atoms with van der Waals surface area (Å²) in [5.41, 5.74) is 0. The Bertz CT molecular complexity index is 213. The monoisotopic (exact) mass is 255 g/mol. The Balaban J connectivity index is 1.42. The van der Waals surface area contributed by atoms with Crippen LogP contribution in [0.5, 0.6) is 0 Å². The zero-order valence-electron chi connectivity index (χ0n) is 11.9. The maximum Gasteiger partial charge on any atom is 0.0700 e. The summed E-state index contributed by atoms with van der Waals surface area (Å²) in [5, 5.41) is 3.51. The second-order valence-electron chi connectivity index (χ2n) is 5.69. The van der Waals surface area contributed by atoms with Crippen LogP contribution in [0.25, 0.3) is 0 Å². The minimum atomic E-state index is 0.472. The maximum atomic E-state index is 5.59. The molecule has 4 nitrogen and oxygen atoms in total. The highest BCUT2D eigenvalue weighted by molar-refractivity contribution is 4.69. The molecule has 18 heavy (non-hydrogen) atoms. The largest absolute Gasteiger partial charge is 0.377 e. The Kier molecular flexibility index (Phi) is 6.41. The molecule has 0 aromatic carbocycles. The zero-order valence-corrected chi connectivity index (χ0v) is 11.9. The number of rotatable bonds is 8. The fourth-order valence-corrected chi connectivity index (χ4v) is 2.77. The van der Waals surface area contributed by atoms with Gasteiger partial charge in [0.1, 0.15) is 0 Å². The fraction of sp³-hybridized carbons (Fsp3) is 1.00. The van der Waals surface area contributed by atoms with Gasteiger partial charge in [0, 0.05) is 39.3 Å². The summed E-state index contributed by atoms with van der Waals surface area (Å²) in [7, 11) is 2.23. The first-order valence-corrected chi connectivity index (χ1v) is 7.58. The Morgan fingerprint density at radius 3 is 2.78 bits per heavy atom. The molecule has 1 unspecified atom stereocenters. The van der Waals surface area contributed by atoms with Crippen molar-refractivity contribution in [1.29, 1.82) is 0 Å². The van der Waals surface area contributed by atoms with E-state index in [0.717, 1.165) is 26.2 Å². The van der Waals surface area contributed by atoms with Crippen molar-refractivity contribution >= 4 is 0 Å². The van der Waals surface area contributed by atoms with Crippen LogP contribution >= 0.6 is 0 Å². The predicted octanol–water partition coefficient (Wildman–Crippen LogP) is 0.783. The Morgan fingerprint density at radius 2 is 2.06 bits per heavy atom. The highest BCUT2D eigenvalue weighted by Gasteiger charge is 2.14. The van der Waals surface area contributed by atoms with Crippen molar-refractivity contribution in [2.24, 2.45) is 0 Å². The van der Waals surface area contributed by atoms with Gasteiger partial charge in [-0.1, -0.05) is 0 Å². The summed E-state index contributed by atoms with van der Waals surface area (Å²) in [5.74, 6) is 0. The maximum absolute atomic E-state index is 5.59. The van der Waals surface area contributed by atoms with Crippen molar-refractivity contribution in [1.82, 2.24) is 15.1 Å². The third-order valence-corrected chi connectivity index (χ3v) is 4.06. The van der Waals surface area contributed by atoms with Gasteiger partial charge in [-0.05, 0) is 45.8 Å². The van der Waals surface area contributed by atoms with Crippen molar-refractivity contribution in [3.8, 4) is 0 Å². The first-order chi connectivity index (χ1) is 8.84. The van der Waals surface area contributed by atoms with Crippen molar-refractivity contribution < 1.29 is 4.74 Å². The van der Waals surface area contributed by atoms with E-state index < -0.39 is 0 Å². The normalized spacial score (nSPS) is 25.3. The Labute approximate surface area is 112 Å². The average molecular weight is 255 g/mol. The summed E-state index contributed by atoms with van der Waals surface area (Å²) in [6, 6.07) is 0. The second kappa shape index (κ2) is 8.10. The molecule has 2 aliphatic rings. The number of nitrogens with zero attached hydrogens (tertiary/aromatic N) is 2. The fourth-order valence-electron chi connectivity index (χ4n) is 2.77. The van der Waals surface area contributed by atoms with Gasteiger partial charge < -0.3 is 19.9 Å². The molecule has 1 atom stereocenters. The lowest BCUT2D eigenvalue weighted by molar-refractivity contribution is 0.109. The van der Waals surface area contributed by atoms with Gasteiger partial charge in [-0.15, -0.1) is 0 Å². The number of nitrogens with one attached hydrogen (secondary N) is 1. The van der Waals surface area contributed by atoms with Gasteiger partial charge in [0.05, 0.1) is 6.10 Å². The molecule has 0 aromatic rings. The summed E-state index contributed by atoms with van der Waals surface area (Å²) in [4.78, 5) is 5.01. The molecule has 2 aliphatic heterocycles. The molecule has 2 fully saturated rings. The molecule has 0 aromatic heterocycles. The molecular formula is C14H29N3O. The predicted molar refractivity (Wildman–Crippen MR) is 75.0 cm³/mol. The van der Waals surface area contributed by atoms with Gasteiger partial charge in [-0.3, -0.25) is 0 Å². The minimum Gasteiger partial charge on any atom is -0.377 e. The van der Waals surface area contributed by atoms with Gasteiger partial charge >= 0.3 is 0 Å². The van der Waals surface area contributed by atoms with E-state index in [4.69, 9.17) is 4.74 Å². The molecule has 1 N–H and O–H groups in total. The van der Waals surface area contributed by atoms with E-state index in [0.29, 0.717) is 6.10 Å². The van der Waals surface area contributed by atoms with Gasteiger partial charge in [0.15, 0.2) is 0 Å². The molecule has 0 amide bonds. The Hall–Kier alpha value is -0.160. The number of likely N-dealkylation sites (N-methyl/N-ethyl adjacent to an activating group) is 1. The van der Waals surface area contributed by atoms with Crippen molar-refractivity contribution in [2.75, 3.05) is 59.5 Å². The zero-order chi connectivity index (χ0) is 12.6. The molecule has 0 aliphatic carbocycles. The van der Waals surface area contributed by atoms with Crippen molar-refractivity contribution in [3.63, 3.8) is 0 Å². The van der Waals surface area contributed by atoms with E-state index >= 15 is 0 Å². The minimum absolute atomic E-state index is 0.472. The number of hydrogen-bond acceptors (Lipinski definition) is 4. The first-order valence-electron chi connectivity index (χ1n) is 7.58. The smallest absolute Gasteiger partial charge is 0.0700 e. The van der Waals surface area contributed by atoms with Gasteiger partial charge in [0.25, 0.3) is 0 Å². The molecular weight excluding hydrogens is 226 g/mol. The van der Waals surface area contributed by atoms with E-state index in [1.807, 2.05) is 0 Å². The third-order valence-electron chi connectivity index (χ3n) is 4.06. The van der Waals surface area contributed by atoms with E-state index in [1.54, 1.807) is 0 Å². The third kappa shape index (κ3) is 5.22. The average Bonchev–Trinajstić information content (AvgIpc) is 3.04. The van der Waals surface area contributed by atoms with Crippen molar-refractivity contribution in [3.05, 3.63) is 0 Å². The number of ether oxygens (including phenoxy) is 1. The van der Waals surface area contributed by atoms with Crippen LogP contribution < -0.4 is 5.32 Å². The van der Waals surface area contributed by atoms with E-state index in [2.05, 4.69) is 22.2 Å². The quantitative estimate of drug-likeness (QED) is 0.649. The summed E-state index contributed by atoms with van der Waals surface area (Å²) < 4.78 is 5.59. The van der Waals surface area contributed by atoms with E-state index in [1.165, 1.54) is 51.9 Å². The van der Waals surface area contributed by atoms with Crippen LogP contribution in [-0.2, 0) is 4.74 Å². The van der Waals surface area contributed by atoms with Crippen LogP contribution in [0, 0.1) is 0 Å².